The van der Waals surface area contributed by atoms with Gasteiger partial charge in [0.05, 0.1) is 16.9 Å². The Labute approximate surface area is 181 Å². The monoisotopic (exact) mass is 416 g/mol. The molecule has 4 N–H and O–H groups in total. The number of fused-ring (bicyclic) bond motifs is 1. The third kappa shape index (κ3) is 3.61. The zero-order valence-electron chi connectivity index (χ0n) is 17.6. The summed E-state index contributed by atoms with van der Waals surface area (Å²) in [6, 6.07) is 17.7. The van der Waals surface area contributed by atoms with Crippen molar-refractivity contribution in [3.8, 4) is 0 Å². The van der Waals surface area contributed by atoms with Gasteiger partial charge in [-0.25, -0.2) is 4.39 Å². The van der Waals surface area contributed by atoms with Gasteiger partial charge in [0.2, 0.25) is 0 Å². The topological polar surface area (TPSA) is 76.6 Å². The standard InChI is InChI=1S/C25H25FN4O/c1-16(31)17-5-4-6-21(11-17)29-15-25(2,3)30(20-9-7-19(26)8-10-20)24-12-18(14-27)22(28)13-23(24)29/h4-14,27,31H,1,15,28H2,2-3H3. The molecule has 0 amide bonds. The Morgan fingerprint density at radius 2 is 1.81 bits per heavy atom. The molecule has 3 aromatic carbocycles. The van der Waals surface area contributed by atoms with Crippen molar-refractivity contribution in [1.29, 1.82) is 5.41 Å². The SMILES string of the molecule is C=C(O)c1cccc(N2CC(C)(C)N(c3ccc(F)cc3)c3cc(C=N)c(N)cc32)c1. The quantitative estimate of drug-likeness (QED) is 0.277. The largest absolute Gasteiger partial charge is 0.508 e. The molecule has 0 radical (unpaired) electrons. The number of hydrogen-bond donors (Lipinski definition) is 3. The maximum absolute atomic E-state index is 13.6. The zero-order chi connectivity index (χ0) is 22.3. The van der Waals surface area contributed by atoms with Crippen molar-refractivity contribution in [3.05, 3.63) is 84.2 Å². The second-order valence-electron chi connectivity index (χ2n) is 8.32. The minimum atomic E-state index is -0.382. The first-order valence-electron chi connectivity index (χ1n) is 9.97. The van der Waals surface area contributed by atoms with E-state index in [-0.39, 0.29) is 17.1 Å². The molecule has 0 fully saturated rings. The minimum Gasteiger partial charge on any atom is -0.508 e. The van der Waals surface area contributed by atoms with Crippen LogP contribution in [-0.2, 0) is 0 Å². The van der Waals surface area contributed by atoms with E-state index in [1.165, 1.54) is 18.3 Å². The smallest absolute Gasteiger partial charge is 0.123 e. The Bertz CT molecular complexity index is 1170. The van der Waals surface area contributed by atoms with Crippen molar-refractivity contribution in [1.82, 2.24) is 0 Å². The van der Waals surface area contributed by atoms with Gasteiger partial charge in [-0.3, -0.25) is 0 Å². The third-order valence-corrected chi connectivity index (χ3v) is 5.59. The van der Waals surface area contributed by atoms with Crippen LogP contribution in [-0.4, -0.2) is 23.4 Å². The number of aliphatic hydroxyl groups excluding tert-OH is 1. The van der Waals surface area contributed by atoms with E-state index in [0.717, 1.165) is 22.7 Å². The van der Waals surface area contributed by atoms with Crippen molar-refractivity contribution in [2.24, 2.45) is 0 Å². The van der Waals surface area contributed by atoms with E-state index < -0.39 is 0 Å². The van der Waals surface area contributed by atoms with Gasteiger partial charge in [-0.05, 0) is 62.4 Å². The van der Waals surface area contributed by atoms with Crippen LogP contribution < -0.4 is 15.5 Å². The van der Waals surface area contributed by atoms with Crippen molar-refractivity contribution in [2.45, 2.75) is 19.4 Å². The Morgan fingerprint density at radius 3 is 2.45 bits per heavy atom. The number of nitrogens with zero attached hydrogens (tertiary/aromatic N) is 2. The van der Waals surface area contributed by atoms with E-state index in [2.05, 4.69) is 30.2 Å². The highest BCUT2D eigenvalue weighted by atomic mass is 19.1. The molecule has 1 aliphatic rings. The van der Waals surface area contributed by atoms with Gasteiger partial charge in [0.25, 0.3) is 0 Å². The van der Waals surface area contributed by atoms with Gasteiger partial charge < -0.3 is 26.0 Å². The summed E-state index contributed by atoms with van der Waals surface area (Å²) in [7, 11) is 0. The molecule has 0 saturated carbocycles. The molecule has 31 heavy (non-hydrogen) atoms. The summed E-state index contributed by atoms with van der Waals surface area (Å²) in [6.45, 7) is 8.47. The van der Waals surface area contributed by atoms with Crippen molar-refractivity contribution in [3.63, 3.8) is 0 Å². The normalized spacial score (nSPS) is 14.8. The number of hydrogen-bond acceptors (Lipinski definition) is 5. The number of aliphatic hydroxyl groups is 1. The summed E-state index contributed by atoms with van der Waals surface area (Å²) in [5, 5.41) is 17.6. The van der Waals surface area contributed by atoms with Crippen LogP contribution in [0.25, 0.3) is 5.76 Å². The predicted molar refractivity (Wildman–Crippen MR) is 126 cm³/mol. The van der Waals surface area contributed by atoms with Crippen LogP contribution in [0, 0.1) is 11.2 Å². The molecule has 3 aromatic rings. The summed E-state index contributed by atoms with van der Waals surface area (Å²) in [4.78, 5) is 4.30. The average molecular weight is 417 g/mol. The molecule has 0 saturated heterocycles. The van der Waals surface area contributed by atoms with Gasteiger partial charge >= 0.3 is 0 Å². The highest BCUT2D eigenvalue weighted by Crippen LogP contribution is 2.48. The van der Waals surface area contributed by atoms with Gasteiger partial charge in [-0.2, -0.15) is 0 Å². The van der Waals surface area contributed by atoms with Crippen LogP contribution in [0.1, 0.15) is 25.0 Å². The average Bonchev–Trinajstić information content (AvgIpc) is 2.74. The molecule has 5 nitrogen and oxygen atoms in total. The number of benzene rings is 3. The molecule has 0 bridgehead atoms. The molecule has 0 aliphatic carbocycles. The van der Waals surface area contributed by atoms with Crippen molar-refractivity contribution >= 4 is 40.4 Å². The van der Waals surface area contributed by atoms with Gasteiger partial charge in [0, 0.05) is 40.9 Å². The fraction of sp³-hybridized carbons (Fsp3) is 0.160. The molecule has 158 valence electrons. The second kappa shape index (κ2) is 7.47. The maximum atomic E-state index is 13.6. The van der Waals surface area contributed by atoms with Crippen LogP contribution in [0.15, 0.2) is 67.2 Å². The number of halogens is 1. The van der Waals surface area contributed by atoms with E-state index in [1.54, 1.807) is 18.2 Å². The van der Waals surface area contributed by atoms with Crippen LogP contribution in [0.5, 0.6) is 0 Å². The summed E-state index contributed by atoms with van der Waals surface area (Å²) in [6.07, 6.45) is 1.24. The molecule has 0 spiro atoms. The second-order valence-corrected chi connectivity index (χ2v) is 8.32. The molecule has 4 rings (SSSR count). The summed E-state index contributed by atoms with van der Waals surface area (Å²) in [5.41, 5.74) is 11.1. The summed E-state index contributed by atoms with van der Waals surface area (Å²) >= 11 is 0. The van der Waals surface area contributed by atoms with Gasteiger partial charge in [-0.1, -0.05) is 18.7 Å². The lowest BCUT2D eigenvalue weighted by molar-refractivity contribution is 0.497. The van der Waals surface area contributed by atoms with Crippen LogP contribution in [0.3, 0.4) is 0 Å². The van der Waals surface area contributed by atoms with Gasteiger partial charge in [0.15, 0.2) is 0 Å². The summed E-state index contributed by atoms with van der Waals surface area (Å²) in [5.74, 6) is -0.288. The van der Waals surface area contributed by atoms with Crippen molar-refractivity contribution in [2.75, 3.05) is 22.1 Å². The van der Waals surface area contributed by atoms with E-state index in [0.29, 0.717) is 23.4 Å². The molecule has 1 heterocycles. The molecule has 0 atom stereocenters. The zero-order valence-corrected chi connectivity index (χ0v) is 17.6. The molecule has 0 aromatic heterocycles. The Balaban J connectivity index is 1.95. The molecule has 0 unspecified atom stereocenters. The third-order valence-electron chi connectivity index (χ3n) is 5.59. The van der Waals surface area contributed by atoms with E-state index in [4.69, 9.17) is 11.1 Å². The van der Waals surface area contributed by atoms with E-state index in [9.17, 15) is 9.50 Å². The first-order valence-corrected chi connectivity index (χ1v) is 9.97. The van der Waals surface area contributed by atoms with Crippen LogP contribution in [0.2, 0.25) is 0 Å². The highest BCUT2D eigenvalue weighted by molar-refractivity contribution is 5.95. The first kappa shape index (κ1) is 20.5. The molecule has 1 aliphatic heterocycles. The fourth-order valence-electron chi connectivity index (χ4n) is 4.16. The predicted octanol–water partition coefficient (Wildman–Crippen LogP) is 6.00. The highest BCUT2D eigenvalue weighted by Gasteiger charge is 2.38. The van der Waals surface area contributed by atoms with Gasteiger partial charge in [0.1, 0.15) is 11.6 Å². The minimum absolute atomic E-state index is 0.00458. The molecule has 6 heteroatoms. The fourth-order valence-corrected chi connectivity index (χ4v) is 4.16. The van der Waals surface area contributed by atoms with Gasteiger partial charge in [-0.15, -0.1) is 0 Å². The Kier molecular flexibility index (Phi) is 4.93. The maximum Gasteiger partial charge on any atom is 0.123 e. The van der Waals surface area contributed by atoms with E-state index in [1.807, 2.05) is 30.3 Å². The number of anilines is 5. The lowest BCUT2D eigenvalue weighted by Crippen LogP contribution is -2.52. The number of rotatable bonds is 4. The lowest BCUT2D eigenvalue weighted by atomic mass is 9.93. The van der Waals surface area contributed by atoms with Crippen molar-refractivity contribution < 1.29 is 9.50 Å². The lowest BCUT2D eigenvalue weighted by Gasteiger charge is -2.50. The number of nitrogens with one attached hydrogen (secondary N) is 1. The van der Waals surface area contributed by atoms with Crippen LogP contribution in [0.4, 0.5) is 32.8 Å². The summed E-state index contributed by atoms with van der Waals surface area (Å²) < 4.78 is 13.6. The van der Waals surface area contributed by atoms with E-state index >= 15 is 0 Å². The number of nitrogen functional groups attached to an aromatic ring is 1. The first-order chi connectivity index (χ1) is 14.7. The molecular formula is C25H25FN4O. The number of nitrogens with two attached hydrogens (primary N) is 1. The Morgan fingerprint density at radius 1 is 1.10 bits per heavy atom. The Hall–Kier alpha value is -3.80. The van der Waals surface area contributed by atoms with Crippen LogP contribution >= 0.6 is 0 Å². The molecular weight excluding hydrogens is 391 g/mol.